The molecule has 1 amide bonds. The second kappa shape index (κ2) is 10.5. The summed E-state index contributed by atoms with van der Waals surface area (Å²) in [4.78, 5) is 17.5. The number of benzene rings is 2. The molecule has 0 unspecified atom stereocenters. The van der Waals surface area contributed by atoms with Crippen molar-refractivity contribution in [2.75, 3.05) is 0 Å². The fourth-order valence-corrected chi connectivity index (χ4v) is 3.19. The van der Waals surface area contributed by atoms with E-state index >= 15 is 0 Å². The molecular weight excluding hydrogens is 368 g/mol. The van der Waals surface area contributed by atoms with Crippen molar-refractivity contribution in [2.24, 2.45) is 5.73 Å². The van der Waals surface area contributed by atoms with Crippen LogP contribution in [0.15, 0.2) is 60.7 Å². The first-order valence-corrected chi connectivity index (χ1v) is 9.83. The lowest BCUT2D eigenvalue weighted by Gasteiger charge is -2.38. The number of aliphatic hydroxyl groups excluding tert-OH is 2. The number of nitrogens with zero attached hydrogens (tertiary/aromatic N) is 1. The molecular formula is C23H32N2O4. The number of carbonyl (C=O) groups excluding carboxylic acids is 1. The van der Waals surface area contributed by atoms with Crippen LogP contribution in [0.3, 0.4) is 0 Å². The Morgan fingerprint density at radius 1 is 0.931 bits per heavy atom. The van der Waals surface area contributed by atoms with Crippen molar-refractivity contribution in [3.63, 3.8) is 0 Å². The molecule has 2 rings (SSSR count). The molecule has 2 aromatic rings. The zero-order chi connectivity index (χ0) is 21.4. The molecule has 4 N–H and O–H groups in total. The van der Waals surface area contributed by atoms with Gasteiger partial charge >= 0.3 is 0 Å². The Labute approximate surface area is 172 Å². The summed E-state index contributed by atoms with van der Waals surface area (Å²) in [6.45, 7) is 5.44. The van der Waals surface area contributed by atoms with Crippen LogP contribution >= 0.6 is 0 Å². The molecule has 0 radical (unpaired) electrons. The molecule has 0 heterocycles. The largest absolute Gasteiger partial charge is 0.389 e. The molecule has 2 aromatic carbocycles. The molecule has 0 bridgehead atoms. The monoisotopic (exact) mass is 400 g/mol. The predicted molar refractivity (Wildman–Crippen MR) is 113 cm³/mol. The van der Waals surface area contributed by atoms with Gasteiger partial charge < -0.3 is 15.9 Å². The Bertz CT molecular complexity index is 734. The van der Waals surface area contributed by atoms with Crippen molar-refractivity contribution in [2.45, 2.75) is 63.5 Å². The summed E-state index contributed by atoms with van der Waals surface area (Å²) in [5.41, 5.74) is 7.42. The van der Waals surface area contributed by atoms with E-state index in [0.717, 1.165) is 16.2 Å². The predicted octanol–water partition coefficient (Wildman–Crippen LogP) is 2.08. The highest BCUT2D eigenvalue weighted by Crippen LogP contribution is 2.20. The zero-order valence-corrected chi connectivity index (χ0v) is 17.3. The Morgan fingerprint density at radius 2 is 1.41 bits per heavy atom. The van der Waals surface area contributed by atoms with E-state index in [-0.39, 0.29) is 0 Å². The number of nitrogens with two attached hydrogens (primary N) is 1. The van der Waals surface area contributed by atoms with Crippen LogP contribution in [0.1, 0.15) is 31.9 Å². The van der Waals surface area contributed by atoms with Crippen molar-refractivity contribution in [1.82, 2.24) is 5.06 Å². The van der Waals surface area contributed by atoms with Gasteiger partial charge in [-0.25, -0.2) is 5.06 Å². The summed E-state index contributed by atoms with van der Waals surface area (Å²) >= 11 is 0. The maximum Gasteiger partial charge on any atom is 0.233 e. The molecule has 29 heavy (non-hydrogen) atoms. The van der Waals surface area contributed by atoms with Gasteiger partial charge in [-0.05, 0) is 44.7 Å². The van der Waals surface area contributed by atoms with Crippen LogP contribution < -0.4 is 5.73 Å². The number of carbonyl (C=O) groups is 1. The molecule has 0 spiro atoms. The number of rotatable bonds is 10. The minimum Gasteiger partial charge on any atom is -0.389 e. The van der Waals surface area contributed by atoms with E-state index in [1.54, 1.807) is 0 Å². The van der Waals surface area contributed by atoms with Crippen molar-refractivity contribution in [3.05, 3.63) is 71.8 Å². The van der Waals surface area contributed by atoms with Gasteiger partial charge in [0.15, 0.2) is 0 Å². The highest BCUT2D eigenvalue weighted by atomic mass is 16.7. The molecule has 158 valence electrons. The van der Waals surface area contributed by atoms with E-state index in [1.165, 1.54) is 0 Å². The van der Waals surface area contributed by atoms with Crippen LogP contribution in [0.4, 0.5) is 0 Å². The maximum absolute atomic E-state index is 11.8. The van der Waals surface area contributed by atoms with Crippen molar-refractivity contribution < 1.29 is 19.8 Å². The van der Waals surface area contributed by atoms with E-state index in [2.05, 4.69) is 0 Å². The minimum absolute atomic E-state index is 0.311. The molecule has 0 saturated carbocycles. The maximum atomic E-state index is 11.8. The lowest BCUT2D eigenvalue weighted by molar-refractivity contribution is -0.248. The van der Waals surface area contributed by atoms with Crippen molar-refractivity contribution in [3.8, 4) is 0 Å². The summed E-state index contributed by atoms with van der Waals surface area (Å²) in [6, 6.07) is 17.5. The fourth-order valence-electron chi connectivity index (χ4n) is 3.19. The van der Waals surface area contributed by atoms with Gasteiger partial charge in [0, 0.05) is 6.04 Å². The summed E-state index contributed by atoms with van der Waals surface area (Å²) in [6.07, 6.45) is -1.28. The first-order chi connectivity index (χ1) is 13.7. The third-order valence-corrected chi connectivity index (χ3v) is 4.59. The first-order valence-electron chi connectivity index (χ1n) is 9.83. The van der Waals surface area contributed by atoms with Crippen LogP contribution in [0, 0.1) is 0 Å². The summed E-state index contributed by atoms with van der Waals surface area (Å²) < 4.78 is 0. The van der Waals surface area contributed by atoms with Crippen molar-refractivity contribution in [1.29, 1.82) is 0 Å². The minimum atomic E-state index is -1.29. The standard InChI is InChI=1S/C23H32N2O4/c1-23(2,3)29-25(16-26)20(15-18-12-8-5-9-13-18)22(28)21(27)19(24)14-17-10-6-4-7-11-17/h4-13,16,19-22,27-28H,14-15,24H2,1-3H3/t19-,20-,21-,22+/m0/s1. The highest BCUT2D eigenvalue weighted by Gasteiger charge is 2.36. The molecule has 0 saturated heterocycles. The third kappa shape index (κ3) is 7.25. The lowest BCUT2D eigenvalue weighted by atomic mass is 9.91. The second-order valence-corrected chi connectivity index (χ2v) is 8.26. The number of amides is 1. The SMILES string of the molecule is CC(C)(C)ON(C=O)[C@@H](Cc1ccccc1)[C@@H](O)[C@@H](O)[C@@H](N)Cc1ccccc1. The van der Waals surface area contributed by atoms with Gasteiger partial charge in [0.2, 0.25) is 6.41 Å². The average molecular weight is 401 g/mol. The van der Waals surface area contributed by atoms with Crippen LogP contribution in [0.25, 0.3) is 0 Å². The van der Waals surface area contributed by atoms with E-state index in [4.69, 9.17) is 10.6 Å². The van der Waals surface area contributed by atoms with E-state index < -0.39 is 29.9 Å². The number of hydroxylamine groups is 2. The molecule has 0 fully saturated rings. The molecule has 0 aliphatic heterocycles. The van der Waals surface area contributed by atoms with Crippen LogP contribution in [-0.4, -0.2) is 51.6 Å². The number of aliphatic hydroxyl groups is 2. The number of hydrogen-bond acceptors (Lipinski definition) is 5. The summed E-state index contributed by atoms with van der Waals surface area (Å²) in [5, 5.41) is 22.8. The van der Waals surface area contributed by atoms with E-state index in [9.17, 15) is 15.0 Å². The van der Waals surface area contributed by atoms with E-state index in [1.807, 2.05) is 81.4 Å². The van der Waals surface area contributed by atoms with Gasteiger partial charge in [0.1, 0.15) is 6.10 Å². The van der Waals surface area contributed by atoms with Crippen LogP contribution in [-0.2, 0) is 22.5 Å². The molecule has 6 heteroatoms. The van der Waals surface area contributed by atoms with Crippen LogP contribution in [0.5, 0.6) is 0 Å². The Morgan fingerprint density at radius 3 is 1.86 bits per heavy atom. The molecule has 0 aliphatic carbocycles. The average Bonchev–Trinajstić information content (AvgIpc) is 2.70. The summed E-state index contributed by atoms with van der Waals surface area (Å²) in [5.74, 6) is 0. The third-order valence-electron chi connectivity index (χ3n) is 4.59. The van der Waals surface area contributed by atoms with Gasteiger partial charge in [-0.15, -0.1) is 0 Å². The molecule has 6 nitrogen and oxygen atoms in total. The number of hydrogen-bond donors (Lipinski definition) is 3. The van der Waals surface area contributed by atoms with Gasteiger partial charge in [0.25, 0.3) is 0 Å². The smallest absolute Gasteiger partial charge is 0.233 e. The van der Waals surface area contributed by atoms with Gasteiger partial charge in [-0.2, -0.15) is 0 Å². The Hall–Kier alpha value is -2.25. The molecule has 0 aromatic heterocycles. The molecule has 4 atom stereocenters. The van der Waals surface area contributed by atoms with Gasteiger partial charge in [0.05, 0.1) is 17.7 Å². The van der Waals surface area contributed by atoms with Gasteiger partial charge in [-0.1, -0.05) is 60.7 Å². The fraction of sp³-hybridized carbons (Fsp3) is 0.435. The highest BCUT2D eigenvalue weighted by molar-refractivity contribution is 5.46. The van der Waals surface area contributed by atoms with Crippen molar-refractivity contribution >= 4 is 6.41 Å². The van der Waals surface area contributed by atoms with Gasteiger partial charge in [-0.3, -0.25) is 9.63 Å². The van der Waals surface area contributed by atoms with Crippen LogP contribution in [0.2, 0.25) is 0 Å². The summed E-state index contributed by atoms with van der Waals surface area (Å²) in [7, 11) is 0. The quantitative estimate of drug-likeness (QED) is 0.419. The Kier molecular flexibility index (Phi) is 8.34. The lowest BCUT2D eigenvalue weighted by Crippen LogP contribution is -2.56. The zero-order valence-electron chi connectivity index (χ0n) is 17.3. The first kappa shape index (κ1) is 23.0. The van der Waals surface area contributed by atoms with E-state index in [0.29, 0.717) is 19.3 Å². The molecule has 0 aliphatic rings. The topological polar surface area (TPSA) is 96.0 Å². The normalized spacial score (nSPS) is 15.9. The second-order valence-electron chi connectivity index (χ2n) is 8.26. The Balaban J connectivity index is 2.21.